The molecule has 0 N–H and O–H groups in total. The van der Waals surface area contributed by atoms with Crippen LogP contribution < -0.4 is 24.5 Å². The summed E-state index contributed by atoms with van der Waals surface area (Å²) in [6.07, 6.45) is 3.15. The summed E-state index contributed by atoms with van der Waals surface area (Å²) in [5.41, 5.74) is 1.55. The second-order valence-corrected chi connectivity index (χ2v) is 10.7. The van der Waals surface area contributed by atoms with Gasteiger partial charge in [-0.25, -0.2) is 9.79 Å². The number of nitrogens with zero attached hydrogens (tertiary/aromatic N) is 4. The highest BCUT2D eigenvalue weighted by molar-refractivity contribution is 7.07. The Bertz CT molecular complexity index is 1560. The minimum atomic E-state index is -0.684. The summed E-state index contributed by atoms with van der Waals surface area (Å²) in [5, 5.41) is 0. The van der Waals surface area contributed by atoms with Crippen LogP contribution in [0.1, 0.15) is 44.1 Å². The number of rotatable bonds is 8. The quantitative estimate of drug-likeness (QED) is 0.399. The van der Waals surface area contributed by atoms with Gasteiger partial charge in [0.2, 0.25) is 0 Å². The van der Waals surface area contributed by atoms with E-state index in [0.717, 1.165) is 44.0 Å². The van der Waals surface area contributed by atoms with Crippen molar-refractivity contribution in [2.45, 2.75) is 32.7 Å². The number of thiazole rings is 1. The van der Waals surface area contributed by atoms with Crippen molar-refractivity contribution in [3.8, 4) is 5.75 Å². The molecule has 9 nitrogen and oxygen atoms in total. The van der Waals surface area contributed by atoms with E-state index in [1.54, 1.807) is 24.7 Å². The van der Waals surface area contributed by atoms with E-state index in [9.17, 15) is 9.59 Å². The number of carbonyl (C=O) groups excluding carboxylic acids is 1. The summed E-state index contributed by atoms with van der Waals surface area (Å²) >= 11 is 1.30. The van der Waals surface area contributed by atoms with Crippen LogP contribution in [0.25, 0.3) is 6.08 Å². The fraction of sp³-hybridized carbons (Fsp3) is 0.414. The van der Waals surface area contributed by atoms with Gasteiger partial charge in [-0.2, -0.15) is 0 Å². The molecule has 10 heteroatoms. The summed E-state index contributed by atoms with van der Waals surface area (Å²) in [5.74, 6) is 1.57. The molecule has 0 aliphatic carbocycles. The van der Waals surface area contributed by atoms with Crippen LogP contribution >= 0.6 is 11.3 Å². The summed E-state index contributed by atoms with van der Waals surface area (Å²) in [7, 11) is 3.71. The van der Waals surface area contributed by atoms with Gasteiger partial charge in [-0.3, -0.25) is 9.36 Å². The molecule has 1 fully saturated rings. The number of anilines is 1. The van der Waals surface area contributed by atoms with Crippen molar-refractivity contribution in [1.29, 1.82) is 0 Å². The monoisotopic (exact) mass is 550 g/mol. The molecule has 0 saturated carbocycles. The van der Waals surface area contributed by atoms with E-state index in [4.69, 9.17) is 18.9 Å². The SMILES string of the molecule is CCCC1=C(C(=O)OCC)[C@@H](c2cccc(OC)c2)n2c(s/c(=C/c3ccc(N4CCN(C)CC4)o3)c2=O)=N1. The van der Waals surface area contributed by atoms with Gasteiger partial charge in [0.25, 0.3) is 5.56 Å². The molecule has 39 heavy (non-hydrogen) atoms. The van der Waals surface area contributed by atoms with Crippen LogP contribution in [0.5, 0.6) is 5.75 Å². The third kappa shape index (κ3) is 5.44. The van der Waals surface area contributed by atoms with Gasteiger partial charge >= 0.3 is 5.97 Å². The first kappa shape index (κ1) is 27.0. The van der Waals surface area contributed by atoms with Gasteiger partial charge in [-0.1, -0.05) is 36.8 Å². The van der Waals surface area contributed by atoms with Crippen molar-refractivity contribution in [2.24, 2.45) is 4.99 Å². The van der Waals surface area contributed by atoms with Crippen LogP contribution in [-0.2, 0) is 9.53 Å². The number of esters is 1. The maximum atomic E-state index is 13.9. The molecule has 2 aliphatic rings. The number of hydrogen-bond acceptors (Lipinski definition) is 9. The number of carbonyl (C=O) groups is 1. The van der Waals surface area contributed by atoms with Crippen molar-refractivity contribution in [2.75, 3.05) is 51.8 Å². The average Bonchev–Trinajstić information content (AvgIpc) is 3.53. The van der Waals surface area contributed by atoms with Crippen LogP contribution in [0.3, 0.4) is 0 Å². The summed E-state index contributed by atoms with van der Waals surface area (Å²) < 4.78 is 19.1. The number of benzene rings is 1. The minimum absolute atomic E-state index is 0.227. The zero-order valence-corrected chi connectivity index (χ0v) is 23.6. The van der Waals surface area contributed by atoms with E-state index < -0.39 is 12.0 Å². The van der Waals surface area contributed by atoms with E-state index in [1.807, 2.05) is 43.3 Å². The molecule has 0 amide bonds. The van der Waals surface area contributed by atoms with Gasteiger partial charge in [0.1, 0.15) is 11.5 Å². The van der Waals surface area contributed by atoms with E-state index in [-0.39, 0.29) is 12.2 Å². The van der Waals surface area contributed by atoms with Crippen LogP contribution in [0.2, 0.25) is 0 Å². The predicted molar refractivity (Wildman–Crippen MR) is 151 cm³/mol. The molecule has 2 aromatic heterocycles. The summed E-state index contributed by atoms with van der Waals surface area (Å²) in [6, 6.07) is 10.6. The van der Waals surface area contributed by atoms with E-state index in [0.29, 0.717) is 38.5 Å². The number of piperazine rings is 1. The number of allylic oxidation sites excluding steroid dienone is 1. The molecule has 2 aliphatic heterocycles. The molecule has 1 atom stereocenters. The van der Waals surface area contributed by atoms with Gasteiger partial charge < -0.3 is 23.7 Å². The normalized spacial score (nSPS) is 18.2. The molecule has 206 valence electrons. The van der Waals surface area contributed by atoms with E-state index >= 15 is 0 Å². The molecule has 0 bridgehead atoms. The van der Waals surface area contributed by atoms with Gasteiger partial charge in [-0.15, -0.1) is 0 Å². The average molecular weight is 551 g/mol. The van der Waals surface area contributed by atoms with E-state index in [2.05, 4.69) is 16.8 Å². The fourth-order valence-corrected chi connectivity index (χ4v) is 5.99. The van der Waals surface area contributed by atoms with Gasteiger partial charge in [0.15, 0.2) is 10.7 Å². The molecule has 5 rings (SSSR count). The van der Waals surface area contributed by atoms with Crippen LogP contribution in [-0.4, -0.2) is 62.4 Å². The summed E-state index contributed by atoms with van der Waals surface area (Å²) in [6.45, 7) is 7.77. The lowest BCUT2D eigenvalue weighted by molar-refractivity contribution is -0.139. The lowest BCUT2D eigenvalue weighted by Crippen LogP contribution is -2.44. The highest BCUT2D eigenvalue weighted by atomic mass is 32.1. The Morgan fingerprint density at radius 3 is 2.69 bits per heavy atom. The lowest BCUT2D eigenvalue weighted by atomic mass is 9.94. The summed E-state index contributed by atoms with van der Waals surface area (Å²) in [4.78, 5) is 37.1. The number of aromatic nitrogens is 1. The fourth-order valence-electron chi connectivity index (χ4n) is 4.99. The number of ether oxygens (including phenoxy) is 2. The largest absolute Gasteiger partial charge is 0.497 e. The van der Waals surface area contributed by atoms with E-state index in [1.165, 1.54) is 11.3 Å². The number of fused-ring (bicyclic) bond motifs is 1. The molecule has 4 heterocycles. The minimum Gasteiger partial charge on any atom is -0.497 e. The Hall–Kier alpha value is -3.63. The first-order chi connectivity index (χ1) is 18.9. The number of likely N-dealkylation sites (N-methyl/N-ethyl adjacent to an activating group) is 1. The maximum absolute atomic E-state index is 13.9. The number of furan rings is 1. The van der Waals surface area contributed by atoms with Crippen molar-refractivity contribution in [3.05, 3.63) is 78.7 Å². The Morgan fingerprint density at radius 2 is 1.97 bits per heavy atom. The standard InChI is InChI=1S/C29H34N4O5S/c1-5-8-22-25(28(35)37-6-2)26(19-9-7-10-20(17-19)36-4)33-27(34)23(39-29(33)30-22)18-21-11-12-24(38-21)32-15-13-31(3)14-16-32/h7,9-12,17-18,26H,5-6,8,13-16H2,1-4H3/b23-18+/t26-/m1/s1. The molecule has 0 unspecified atom stereocenters. The highest BCUT2D eigenvalue weighted by Crippen LogP contribution is 2.34. The second-order valence-electron chi connectivity index (χ2n) is 9.66. The predicted octanol–water partition coefficient (Wildman–Crippen LogP) is 2.93. The first-order valence-corrected chi connectivity index (χ1v) is 14.1. The van der Waals surface area contributed by atoms with Crippen LogP contribution in [0.4, 0.5) is 5.88 Å². The third-order valence-electron chi connectivity index (χ3n) is 7.00. The maximum Gasteiger partial charge on any atom is 0.338 e. The van der Waals surface area contributed by atoms with Crippen molar-refractivity contribution < 1.29 is 18.7 Å². The third-order valence-corrected chi connectivity index (χ3v) is 7.99. The second kappa shape index (κ2) is 11.6. The topological polar surface area (TPSA) is 89.5 Å². The van der Waals surface area contributed by atoms with Gasteiger partial charge in [0.05, 0.1) is 35.6 Å². The zero-order chi connectivity index (χ0) is 27.5. The molecule has 1 saturated heterocycles. The molecule has 3 aromatic rings. The Balaban J connectivity index is 1.63. The molecular weight excluding hydrogens is 516 g/mol. The highest BCUT2D eigenvalue weighted by Gasteiger charge is 2.34. The number of hydrogen-bond donors (Lipinski definition) is 0. The number of methoxy groups -OCH3 is 1. The lowest BCUT2D eigenvalue weighted by Gasteiger charge is -2.32. The smallest absolute Gasteiger partial charge is 0.338 e. The van der Waals surface area contributed by atoms with Crippen LogP contribution in [0, 0.1) is 0 Å². The molecule has 0 spiro atoms. The Kier molecular flexibility index (Phi) is 8.04. The Labute approximate surface area is 231 Å². The molecule has 1 aromatic carbocycles. The van der Waals surface area contributed by atoms with Crippen molar-refractivity contribution in [1.82, 2.24) is 9.47 Å². The van der Waals surface area contributed by atoms with Crippen LogP contribution in [0.15, 0.2) is 61.9 Å². The van der Waals surface area contributed by atoms with Gasteiger partial charge in [-0.05, 0) is 44.2 Å². The van der Waals surface area contributed by atoms with Crippen molar-refractivity contribution >= 4 is 29.3 Å². The molecular formula is C29H34N4O5S. The van der Waals surface area contributed by atoms with Crippen molar-refractivity contribution in [3.63, 3.8) is 0 Å². The first-order valence-electron chi connectivity index (χ1n) is 13.3. The van der Waals surface area contributed by atoms with Gasteiger partial charge in [0, 0.05) is 38.3 Å². The molecule has 0 radical (unpaired) electrons. The zero-order valence-electron chi connectivity index (χ0n) is 22.8. The Morgan fingerprint density at radius 1 is 1.18 bits per heavy atom.